The van der Waals surface area contributed by atoms with E-state index in [1.165, 1.54) is 6.07 Å². The van der Waals surface area contributed by atoms with Crippen molar-refractivity contribution in [3.8, 4) is 5.75 Å². The molecule has 1 aromatic carbocycles. The largest absolute Gasteiger partial charge is 0.486 e. The molecule has 1 heterocycles. The molecular weight excluding hydrogens is 193 g/mol. The number of halogens is 1. The maximum Gasteiger partial charge on any atom is 0.146 e. The van der Waals surface area contributed by atoms with Crippen LogP contribution in [0.3, 0.4) is 0 Å². The third kappa shape index (κ3) is 2.06. The van der Waals surface area contributed by atoms with Gasteiger partial charge in [-0.2, -0.15) is 0 Å². The lowest BCUT2D eigenvalue weighted by atomic mass is 10.1. The fraction of sp³-hybridized carbons (Fsp3) is 0.500. The highest BCUT2D eigenvalue weighted by Crippen LogP contribution is 2.34. The zero-order valence-electron chi connectivity index (χ0n) is 9.36. The van der Waals surface area contributed by atoms with E-state index in [9.17, 15) is 4.39 Å². The minimum atomic E-state index is -0.236. The van der Waals surface area contributed by atoms with E-state index in [2.05, 4.69) is 5.32 Å². The molecule has 0 saturated carbocycles. The van der Waals surface area contributed by atoms with Crippen LogP contribution < -0.4 is 10.1 Å². The molecule has 0 bridgehead atoms. The normalized spacial score (nSPS) is 18.4. The number of anilines is 1. The Kier molecular flexibility index (Phi) is 2.33. The van der Waals surface area contributed by atoms with Crippen molar-refractivity contribution >= 4 is 5.69 Å². The van der Waals surface area contributed by atoms with E-state index >= 15 is 0 Å². The molecule has 82 valence electrons. The van der Waals surface area contributed by atoms with Crippen molar-refractivity contribution in [3.63, 3.8) is 0 Å². The number of hydrogen-bond donors (Lipinski definition) is 1. The van der Waals surface area contributed by atoms with Gasteiger partial charge >= 0.3 is 0 Å². The first-order chi connectivity index (χ1) is 6.98. The summed E-state index contributed by atoms with van der Waals surface area (Å²) in [6, 6.07) is 3.26. The first-order valence-electron chi connectivity index (χ1n) is 5.21. The average molecular weight is 209 g/mol. The van der Waals surface area contributed by atoms with Crippen LogP contribution in [0.2, 0.25) is 0 Å². The Bertz CT molecular complexity index is 387. The summed E-state index contributed by atoms with van der Waals surface area (Å²) in [6.45, 7) is 6.64. The number of nitrogens with one attached hydrogen (secondary N) is 1. The van der Waals surface area contributed by atoms with Gasteiger partial charge in [-0.05, 0) is 32.4 Å². The van der Waals surface area contributed by atoms with E-state index in [0.717, 1.165) is 18.7 Å². The molecule has 0 radical (unpaired) electrons. The molecule has 0 aliphatic carbocycles. The molecule has 1 aliphatic heterocycles. The molecule has 2 nitrogen and oxygen atoms in total. The van der Waals surface area contributed by atoms with E-state index in [1.807, 2.05) is 13.8 Å². The van der Waals surface area contributed by atoms with Crippen molar-refractivity contribution in [1.82, 2.24) is 0 Å². The summed E-state index contributed by atoms with van der Waals surface area (Å²) in [5, 5.41) is 3.26. The van der Waals surface area contributed by atoms with Crippen LogP contribution in [0.25, 0.3) is 0 Å². The molecule has 15 heavy (non-hydrogen) atoms. The fourth-order valence-electron chi connectivity index (χ4n) is 1.73. The van der Waals surface area contributed by atoms with E-state index in [-0.39, 0.29) is 11.4 Å². The summed E-state index contributed by atoms with van der Waals surface area (Å²) in [4.78, 5) is 0. The third-order valence-corrected chi connectivity index (χ3v) is 2.69. The van der Waals surface area contributed by atoms with Gasteiger partial charge in [-0.15, -0.1) is 0 Å². The van der Waals surface area contributed by atoms with Crippen LogP contribution in [0.4, 0.5) is 10.1 Å². The monoisotopic (exact) mass is 209 g/mol. The number of fused-ring (bicyclic) bond motifs is 1. The Balaban J connectivity index is 2.43. The maximum absolute atomic E-state index is 13.4. The van der Waals surface area contributed by atoms with Crippen molar-refractivity contribution in [1.29, 1.82) is 0 Å². The van der Waals surface area contributed by atoms with Crippen molar-refractivity contribution in [3.05, 3.63) is 23.5 Å². The van der Waals surface area contributed by atoms with E-state index in [0.29, 0.717) is 11.3 Å². The average Bonchev–Trinajstić information content (AvgIpc) is 2.24. The van der Waals surface area contributed by atoms with E-state index in [1.54, 1.807) is 13.0 Å². The van der Waals surface area contributed by atoms with Gasteiger partial charge in [0.2, 0.25) is 0 Å². The number of benzene rings is 1. The molecule has 1 aliphatic rings. The van der Waals surface area contributed by atoms with Crippen molar-refractivity contribution in [2.24, 2.45) is 0 Å². The summed E-state index contributed by atoms with van der Waals surface area (Å²) in [7, 11) is 0. The number of ether oxygens (including phenoxy) is 1. The van der Waals surface area contributed by atoms with E-state index < -0.39 is 0 Å². The predicted molar refractivity (Wildman–Crippen MR) is 59.0 cm³/mol. The highest BCUT2D eigenvalue weighted by molar-refractivity contribution is 5.59. The highest BCUT2D eigenvalue weighted by Gasteiger charge is 2.24. The standard InChI is InChI=1S/C12H16FNO/c1-8-6-10-11(7-9(8)13)15-12(2,3)4-5-14-10/h6-7,14H,4-5H2,1-3H3. The summed E-state index contributed by atoms with van der Waals surface area (Å²) >= 11 is 0. The quantitative estimate of drug-likeness (QED) is 0.709. The number of hydrogen-bond acceptors (Lipinski definition) is 2. The zero-order valence-corrected chi connectivity index (χ0v) is 9.36. The molecule has 3 heteroatoms. The summed E-state index contributed by atoms with van der Waals surface area (Å²) in [6.07, 6.45) is 0.905. The number of aryl methyl sites for hydroxylation is 1. The lowest BCUT2D eigenvalue weighted by Crippen LogP contribution is -2.28. The molecule has 0 saturated heterocycles. The Labute approximate surface area is 89.4 Å². The molecule has 1 aromatic rings. The van der Waals surface area contributed by atoms with Crippen LogP contribution in [0.1, 0.15) is 25.8 Å². The molecule has 0 aromatic heterocycles. The van der Waals surface area contributed by atoms with E-state index in [4.69, 9.17) is 4.74 Å². The van der Waals surface area contributed by atoms with Gasteiger partial charge in [-0.1, -0.05) is 0 Å². The van der Waals surface area contributed by atoms with Crippen molar-refractivity contribution < 1.29 is 9.13 Å². The molecule has 2 rings (SSSR count). The summed E-state index contributed by atoms with van der Waals surface area (Å²) in [5.74, 6) is 0.397. The number of rotatable bonds is 0. The third-order valence-electron chi connectivity index (χ3n) is 2.69. The minimum Gasteiger partial charge on any atom is -0.486 e. The van der Waals surface area contributed by atoms with Crippen LogP contribution in [0, 0.1) is 12.7 Å². The van der Waals surface area contributed by atoms with Gasteiger partial charge in [-0.25, -0.2) is 4.39 Å². The first kappa shape index (κ1) is 10.3. The van der Waals surface area contributed by atoms with Gasteiger partial charge in [0.25, 0.3) is 0 Å². The van der Waals surface area contributed by atoms with Crippen LogP contribution in [-0.4, -0.2) is 12.1 Å². The van der Waals surface area contributed by atoms with Gasteiger partial charge in [0.15, 0.2) is 0 Å². The van der Waals surface area contributed by atoms with Crippen LogP contribution in [0.15, 0.2) is 12.1 Å². The topological polar surface area (TPSA) is 21.3 Å². The zero-order chi connectivity index (χ0) is 11.1. The molecule has 0 amide bonds. The van der Waals surface area contributed by atoms with Crippen molar-refractivity contribution in [2.75, 3.05) is 11.9 Å². The summed E-state index contributed by atoms with van der Waals surface area (Å²) in [5.41, 5.74) is 1.30. The minimum absolute atomic E-state index is 0.215. The van der Waals surface area contributed by atoms with Gasteiger partial charge < -0.3 is 10.1 Å². The molecule has 0 atom stereocenters. The predicted octanol–water partition coefficient (Wildman–Crippen LogP) is 3.11. The molecule has 0 fully saturated rings. The molecule has 0 unspecified atom stereocenters. The Morgan fingerprint density at radius 3 is 2.87 bits per heavy atom. The lowest BCUT2D eigenvalue weighted by molar-refractivity contribution is 0.108. The van der Waals surface area contributed by atoms with Gasteiger partial charge in [0, 0.05) is 19.0 Å². The Morgan fingerprint density at radius 1 is 1.40 bits per heavy atom. The second-order valence-corrected chi connectivity index (χ2v) is 4.64. The van der Waals surface area contributed by atoms with Gasteiger partial charge in [0.05, 0.1) is 5.69 Å². The SMILES string of the molecule is Cc1cc2c(cc1F)OC(C)(C)CCN2. The first-order valence-corrected chi connectivity index (χ1v) is 5.21. The van der Waals surface area contributed by atoms with Crippen molar-refractivity contribution in [2.45, 2.75) is 32.8 Å². The van der Waals surface area contributed by atoms with Crippen LogP contribution in [0.5, 0.6) is 5.75 Å². The molecule has 0 spiro atoms. The maximum atomic E-state index is 13.4. The summed E-state index contributed by atoms with van der Waals surface area (Å²) < 4.78 is 19.2. The Hall–Kier alpha value is -1.25. The highest BCUT2D eigenvalue weighted by atomic mass is 19.1. The fourth-order valence-corrected chi connectivity index (χ4v) is 1.73. The van der Waals surface area contributed by atoms with Gasteiger partial charge in [0.1, 0.15) is 17.2 Å². The molecule has 1 N–H and O–H groups in total. The smallest absolute Gasteiger partial charge is 0.146 e. The van der Waals surface area contributed by atoms with Gasteiger partial charge in [-0.3, -0.25) is 0 Å². The molecular formula is C12H16FNO. The van der Waals surface area contributed by atoms with Crippen LogP contribution >= 0.6 is 0 Å². The Morgan fingerprint density at radius 2 is 2.13 bits per heavy atom. The second kappa shape index (κ2) is 3.40. The lowest BCUT2D eigenvalue weighted by Gasteiger charge is -2.24. The second-order valence-electron chi connectivity index (χ2n) is 4.64. The van der Waals surface area contributed by atoms with Crippen LogP contribution in [-0.2, 0) is 0 Å².